The summed E-state index contributed by atoms with van der Waals surface area (Å²) in [5.41, 5.74) is 1.44. The van der Waals surface area contributed by atoms with Crippen LogP contribution in [0.1, 0.15) is 19.3 Å². The molecule has 0 aromatic rings. The molecule has 0 radical (unpaired) electrons. The van der Waals surface area contributed by atoms with Gasteiger partial charge in [-0.1, -0.05) is 6.42 Å². The monoisotopic (exact) mass is 177 g/mol. The Hall–Kier alpha value is -0.850. The van der Waals surface area contributed by atoms with Crippen LogP contribution in [0.15, 0.2) is 0 Å². The number of nitrogens with zero attached hydrogens (tertiary/aromatic N) is 1. The van der Waals surface area contributed by atoms with Gasteiger partial charge >= 0.3 is 6.09 Å². The Labute approximate surface area is 70.9 Å². The maximum atomic E-state index is 9.13. The molecule has 1 aliphatic rings. The molecule has 6 heteroatoms. The van der Waals surface area contributed by atoms with E-state index in [1.165, 1.54) is 16.9 Å². The van der Waals surface area contributed by atoms with Crippen molar-refractivity contribution in [2.24, 2.45) is 5.84 Å². The zero-order valence-corrected chi connectivity index (χ0v) is 6.86. The lowest BCUT2D eigenvalue weighted by atomic mass is 10.2. The van der Waals surface area contributed by atoms with Gasteiger partial charge in [-0.3, -0.25) is 5.43 Å². The first-order valence-corrected chi connectivity index (χ1v) is 3.80. The third-order valence-electron chi connectivity index (χ3n) is 1.46. The molecule has 0 spiro atoms. The second-order valence-corrected chi connectivity index (χ2v) is 2.46. The van der Waals surface area contributed by atoms with Crippen LogP contribution in [-0.4, -0.2) is 34.6 Å². The fourth-order valence-corrected chi connectivity index (χ4v) is 0.877. The lowest BCUT2D eigenvalue weighted by Gasteiger charge is -2.18. The number of hydrazine groups is 1. The number of carbonyl (C=O) groups is 1. The van der Waals surface area contributed by atoms with Crippen molar-refractivity contribution in [3.05, 3.63) is 0 Å². The number of nitrogens with one attached hydrogen (secondary N) is 1. The van der Waals surface area contributed by atoms with Crippen LogP contribution >= 0.6 is 0 Å². The number of amides is 1. The molecule has 1 aliphatic heterocycles. The van der Waals surface area contributed by atoms with Crippen molar-refractivity contribution in [3.8, 4) is 0 Å². The number of hydrogen-bond acceptors (Lipinski definition) is 4. The number of hydrogen-bond donors (Lipinski definition) is 4. The molecule has 1 saturated heterocycles. The molecule has 12 heavy (non-hydrogen) atoms. The Bertz CT molecular complexity index is 125. The number of rotatable bonds is 0. The molecule has 0 saturated carbocycles. The average molecular weight is 177 g/mol. The Balaban J connectivity index is 0.000000217. The minimum Gasteiger partial charge on any atom is -0.464 e. The maximum absolute atomic E-state index is 9.13. The van der Waals surface area contributed by atoms with Crippen LogP contribution in [0.4, 0.5) is 4.79 Å². The van der Waals surface area contributed by atoms with E-state index in [0.29, 0.717) is 0 Å². The first-order valence-electron chi connectivity index (χ1n) is 3.80. The quantitative estimate of drug-likeness (QED) is 0.237. The van der Waals surface area contributed by atoms with Gasteiger partial charge in [0.1, 0.15) is 0 Å². The van der Waals surface area contributed by atoms with E-state index in [4.69, 9.17) is 15.1 Å². The molecule has 1 heterocycles. The molecule has 0 atom stereocenters. The van der Waals surface area contributed by atoms with Gasteiger partial charge in [0.2, 0.25) is 0 Å². The summed E-state index contributed by atoms with van der Waals surface area (Å²) in [6, 6.07) is 0. The number of piperidine rings is 1. The molecule has 1 rings (SSSR count). The van der Waals surface area contributed by atoms with Crippen LogP contribution in [0.3, 0.4) is 0 Å². The Morgan fingerprint density at radius 1 is 1.33 bits per heavy atom. The van der Waals surface area contributed by atoms with E-state index in [9.17, 15) is 0 Å². The van der Waals surface area contributed by atoms with Crippen LogP contribution in [0.25, 0.3) is 0 Å². The van der Waals surface area contributed by atoms with Crippen molar-refractivity contribution >= 4 is 6.09 Å². The van der Waals surface area contributed by atoms with E-state index in [1.54, 1.807) is 0 Å². The van der Waals surface area contributed by atoms with E-state index < -0.39 is 6.09 Å². The summed E-state index contributed by atoms with van der Waals surface area (Å²) in [6.07, 6.45) is 2.40. The number of carboxylic acid groups (broad SMARTS) is 1. The number of nitrogens with two attached hydrogens (primary N) is 1. The molecule has 0 unspecified atom stereocenters. The third-order valence-corrected chi connectivity index (χ3v) is 1.46. The van der Waals surface area contributed by atoms with Crippen molar-refractivity contribution in [2.45, 2.75) is 19.3 Å². The van der Waals surface area contributed by atoms with E-state index >= 15 is 0 Å². The first-order chi connectivity index (χ1) is 5.66. The van der Waals surface area contributed by atoms with Crippen molar-refractivity contribution in [1.29, 1.82) is 0 Å². The molecular formula is C6H15N3O3. The van der Waals surface area contributed by atoms with Gasteiger partial charge in [-0.2, -0.15) is 5.06 Å². The highest BCUT2D eigenvalue weighted by Crippen LogP contribution is 2.04. The topological polar surface area (TPSA) is 98.8 Å². The van der Waals surface area contributed by atoms with E-state index in [-0.39, 0.29) is 0 Å². The fourth-order valence-electron chi connectivity index (χ4n) is 0.877. The molecule has 6 nitrogen and oxygen atoms in total. The van der Waals surface area contributed by atoms with Crippen LogP contribution < -0.4 is 11.3 Å². The normalized spacial score (nSPS) is 17.5. The van der Waals surface area contributed by atoms with Crippen LogP contribution in [-0.2, 0) is 0 Å². The Morgan fingerprint density at radius 3 is 1.92 bits per heavy atom. The van der Waals surface area contributed by atoms with Crippen LogP contribution in [0.2, 0.25) is 0 Å². The van der Waals surface area contributed by atoms with Gasteiger partial charge in [0, 0.05) is 13.1 Å². The second-order valence-electron chi connectivity index (χ2n) is 2.46. The molecule has 0 aromatic carbocycles. The van der Waals surface area contributed by atoms with Crippen molar-refractivity contribution in [1.82, 2.24) is 10.5 Å². The van der Waals surface area contributed by atoms with Gasteiger partial charge in [-0.25, -0.2) is 10.6 Å². The first kappa shape index (κ1) is 11.2. The van der Waals surface area contributed by atoms with Crippen molar-refractivity contribution in [2.75, 3.05) is 13.1 Å². The summed E-state index contributed by atoms with van der Waals surface area (Å²) < 4.78 is 0. The highest BCUT2D eigenvalue weighted by Gasteiger charge is 2.04. The predicted octanol–water partition coefficient (Wildman–Crippen LogP) is -0.0108. The summed E-state index contributed by atoms with van der Waals surface area (Å²) >= 11 is 0. The van der Waals surface area contributed by atoms with Gasteiger partial charge in [0.25, 0.3) is 0 Å². The molecule has 1 amide bonds. The lowest BCUT2D eigenvalue weighted by molar-refractivity contribution is -0.103. The molecule has 0 aromatic heterocycles. The van der Waals surface area contributed by atoms with Crippen LogP contribution in [0.5, 0.6) is 0 Å². The van der Waals surface area contributed by atoms with Gasteiger partial charge in [0.15, 0.2) is 0 Å². The zero-order valence-electron chi connectivity index (χ0n) is 6.86. The fraction of sp³-hybridized carbons (Fsp3) is 0.833. The molecule has 1 fully saturated rings. The minimum atomic E-state index is -1.22. The summed E-state index contributed by atoms with van der Waals surface area (Å²) in [5.74, 6) is 4.32. The predicted molar refractivity (Wildman–Crippen MR) is 42.6 cm³/mol. The zero-order chi connectivity index (χ0) is 9.40. The molecular weight excluding hydrogens is 162 g/mol. The highest BCUT2D eigenvalue weighted by atomic mass is 16.5. The van der Waals surface area contributed by atoms with Crippen molar-refractivity contribution < 1.29 is 15.1 Å². The largest absolute Gasteiger partial charge is 0.464 e. The van der Waals surface area contributed by atoms with Gasteiger partial charge in [0.05, 0.1) is 0 Å². The van der Waals surface area contributed by atoms with E-state index in [0.717, 1.165) is 25.9 Å². The SMILES string of the molecule is NNC(=O)O.ON1CCCCC1. The standard InChI is InChI=1S/C5H11NO.CH4N2O2/c7-6-4-2-1-3-5-6;2-3-1(4)5/h7H,1-5H2;3H,2H2,(H,4,5). The smallest absolute Gasteiger partial charge is 0.418 e. The Morgan fingerprint density at radius 2 is 1.75 bits per heavy atom. The number of hydroxylamine groups is 2. The van der Waals surface area contributed by atoms with Gasteiger partial charge in [-0.05, 0) is 12.8 Å². The molecule has 5 N–H and O–H groups in total. The third kappa shape index (κ3) is 7.26. The van der Waals surface area contributed by atoms with E-state index in [1.807, 2.05) is 0 Å². The van der Waals surface area contributed by atoms with Crippen LogP contribution in [0, 0.1) is 0 Å². The average Bonchev–Trinajstić information content (AvgIpc) is 2.07. The van der Waals surface area contributed by atoms with Gasteiger partial charge in [-0.15, -0.1) is 0 Å². The molecule has 72 valence electrons. The summed E-state index contributed by atoms with van der Waals surface area (Å²) in [6.45, 7) is 1.75. The second kappa shape index (κ2) is 6.84. The summed E-state index contributed by atoms with van der Waals surface area (Å²) in [7, 11) is 0. The minimum absolute atomic E-state index is 0.875. The highest BCUT2D eigenvalue weighted by molar-refractivity contribution is 5.63. The summed E-state index contributed by atoms with van der Waals surface area (Å²) in [4.78, 5) is 9.13. The summed E-state index contributed by atoms with van der Waals surface area (Å²) in [5, 5.41) is 17.6. The van der Waals surface area contributed by atoms with Crippen molar-refractivity contribution in [3.63, 3.8) is 0 Å². The molecule has 0 bridgehead atoms. The van der Waals surface area contributed by atoms with Gasteiger partial charge < -0.3 is 10.3 Å². The molecule has 0 aliphatic carbocycles. The Kier molecular flexibility index (Phi) is 6.35. The lowest BCUT2D eigenvalue weighted by Crippen LogP contribution is -2.27. The maximum Gasteiger partial charge on any atom is 0.418 e. The van der Waals surface area contributed by atoms with E-state index in [2.05, 4.69) is 5.84 Å².